The molecule has 1 fully saturated rings. The summed E-state index contributed by atoms with van der Waals surface area (Å²) >= 11 is 0. The van der Waals surface area contributed by atoms with E-state index in [2.05, 4.69) is 9.97 Å². The molecule has 14 heteroatoms. The van der Waals surface area contributed by atoms with Crippen molar-refractivity contribution < 1.29 is 33.0 Å². The summed E-state index contributed by atoms with van der Waals surface area (Å²) in [5.74, 6) is -5.17. The van der Waals surface area contributed by atoms with Crippen LogP contribution in [-0.4, -0.2) is 43.6 Å². The van der Waals surface area contributed by atoms with Crippen LogP contribution >= 0.6 is 0 Å². The molecule has 0 spiro atoms. The van der Waals surface area contributed by atoms with Gasteiger partial charge in [-0.2, -0.15) is 19.2 Å². The molecule has 0 radical (unpaired) electrons. The van der Waals surface area contributed by atoms with Gasteiger partial charge in [0.25, 0.3) is 11.5 Å². The van der Waals surface area contributed by atoms with Gasteiger partial charge in [-0.25, -0.2) is 14.4 Å². The predicted octanol–water partition coefficient (Wildman–Crippen LogP) is 2.25. The third-order valence-electron chi connectivity index (χ3n) is 6.08. The number of carbonyl (C=O) groups excluding carboxylic acids is 3. The van der Waals surface area contributed by atoms with Crippen molar-refractivity contribution in [3.8, 4) is 17.8 Å². The van der Waals surface area contributed by atoms with Crippen molar-refractivity contribution in [2.75, 3.05) is 6.61 Å². The Labute approximate surface area is 235 Å². The Morgan fingerprint density at radius 3 is 2.50 bits per heavy atom. The maximum Gasteiger partial charge on any atom is 0.346 e. The fourth-order valence-electron chi connectivity index (χ4n) is 4.04. The molecule has 3 aromatic heterocycles. The molecule has 0 N–H and O–H groups in total. The number of hydrogen-bond acceptors (Lipinski definition) is 11. The van der Waals surface area contributed by atoms with Crippen molar-refractivity contribution in [1.29, 1.82) is 5.26 Å². The van der Waals surface area contributed by atoms with Crippen LogP contribution in [0.25, 0.3) is 0 Å². The second kappa shape index (κ2) is 11.7. The zero-order valence-corrected chi connectivity index (χ0v) is 21.4. The largest absolute Gasteiger partial charge is 0.404 e. The van der Waals surface area contributed by atoms with E-state index in [0.29, 0.717) is 25.6 Å². The molecule has 0 bridgehead atoms. The lowest BCUT2D eigenvalue weighted by atomic mass is 10.1. The van der Waals surface area contributed by atoms with Gasteiger partial charge >= 0.3 is 17.6 Å². The Hall–Kier alpha value is -5.81. The first-order chi connectivity index (χ1) is 20.3. The van der Waals surface area contributed by atoms with E-state index in [0.717, 1.165) is 10.6 Å². The molecule has 13 nitrogen and oxygen atoms in total. The fraction of sp³-hybridized carbons (Fsp3) is 0.143. The molecule has 0 amide bonds. The lowest BCUT2D eigenvalue weighted by Gasteiger charge is -2.15. The van der Waals surface area contributed by atoms with Gasteiger partial charge in [0, 0.05) is 30.6 Å². The van der Waals surface area contributed by atoms with E-state index < -0.39 is 47.0 Å². The van der Waals surface area contributed by atoms with E-state index in [9.17, 15) is 33.6 Å². The quantitative estimate of drug-likeness (QED) is 0.311. The molecule has 1 saturated heterocycles. The van der Waals surface area contributed by atoms with Gasteiger partial charge in [0.05, 0.1) is 17.3 Å². The second-order valence-electron chi connectivity index (χ2n) is 8.80. The Balaban J connectivity index is 1.41. The topological polar surface area (TPSA) is 172 Å². The van der Waals surface area contributed by atoms with E-state index in [1.807, 2.05) is 0 Å². The van der Waals surface area contributed by atoms with E-state index in [4.69, 9.17) is 14.2 Å². The number of carbonyl (C=O) groups is 3. The van der Waals surface area contributed by atoms with Gasteiger partial charge in [-0.1, -0.05) is 6.07 Å². The molecule has 4 heterocycles. The number of benzene rings is 1. The Morgan fingerprint density at radius 2 is 1.79 bits per heavy atom. The fourth-order valence-corrected chi connectivity index (χ4v) is 4.04. The van der Waals surface area contributed by atoms with Crippen molar-refractivity contribution in [2.24, 2.45) is 0 Å². The van der Waals surface area contributed by atoms with Gasteiger partial charge in [0.1, 0.15) is 17.9 Å². The highest BCUT2D eigenvalue weighted by Crippen LogP contribution is 2.23. The summed E-state index contributed by atoms with van der Waals surface area (Å²) in [7, 11) is 0. The smallest absolute Gasteiger partial charge is 0.346 e. The molecule has 1 aliphatic rings. The molecule has 0 saturated carbocycles. The molecular weight excluding hydrogens is 553 g/mol. The lowest BCUT2D eigenvalue weighted by molar-refractivity contribution is 0.0501. The van der Waals surface area contributed by atoms with Crippen LogP contribution in [0.4, 0.5) is 4.39 Å². The first-order valence-electron chi connectivity index (χ1n) is 12.3. The summed E-state index contributed by atoms with van der Waals surface area (Å²) in [6.45, 7) is 0.328. The Morgan fingerprint density at radius 1 is 1.02 bits per heavy atom. The summed E-state index contributed by atoms with van der Waals surface area (Å²) in [5, 5.41) is 9.43. The first kappa shape index (κ1) is 27.7. The molecule has 5 rings (SSSR count). The summed E-state index contributed by atoms with van der Waals surface area (Å²) < 4.78 is 31.2. The third kappa shape index (κ3) is 5.58. The highest BCUT2D eigenvalue weighted by atomic mass is 19.1. The number of nitriles is 1. The molecule has 0 aliphatic carbocycles. The second-order valence-corrected chi connectivity index (χ2v) is 8.80. The summed E-state index contributed by atoms with van der Waals surface area (Å²) in [5.41, 5.74) is -3.14. The van der Waals surface area contributed by atoms with Gasteiger partial charge in [-0.05, 0) is 49.2 Å². The molecule has 1 aliphatic heterocycles. The van der Waals surface area contributed by atoms with E-state index in [1.54, 1.807) is 6.07 Å². The van der Waals surface area contributed by atoms with E-state index in [-0.39, 0.29) is 32.7 Å². The molecule has 1 unspecified atom stereocenters. The normalized spacial score (nSPS) is 14.1. The average Bonchev–Trinajstić information content (AvgIpc) is 3.54. The number of hydrogen-bond donors (Lipinski definition) is 0. The zero-order chi connectivity index (χ0) is 29.8. The van der Waals surface area contributed by atoms with Gasteiger partial charge in [-0.3, -0.25) is 19.1 Å². The highest BCUT2D eigenvalue weighted by Gasteiger charge is 2.26. The van der Waals surface area contributed by atoms with Gasteiger partial charge in [-0.15, -0.1) is 0 Å². The minimum Gasteiger partial charge on any atom is -0.404 e. The lowest BCUT2D eigenvalue weighted by Crippen LogP contribution is -2.46. The van der Waals surface area contributed by atoms with Crippen molar-refractivity contribution in [1.82, 2.24) is 19.1 Å². The van der Waals surface area contributed by atoms with Crippen LogP contribution in [0.15, 0.2) is 76.7 Å². The number of aromatic nitrogens is 4. The number of rotatable bonds is 6. The van der Waals surface area contributed by atoms with Crippen molar-refractivity contribution in [3.05, 3.63) is 116 Å². The third-order valence-corrected chi connectivity index (χ3v) is 6.08. The maximum atomic E-state index is 14.4. The van der Waals surface area contributed by atoms with Crippen LogP contribution in [0.1, 0.15) is 55.7 Å². The number of ether oxygens (including phenoxy) is 3. The number of nitrogens with zero attached hydrogens (tertiary/aromatic N) is 5. The first-order valence-corrected chi connectivity index (χ1v) is 12.3. The standard InChI is InChI=1S/C28H18FN5O8/c29-20-15-33(22-7-3-11-40-22)28(39)34(25(20)36)24(35)16-4-1-5-17(12-16)26(37)42-23-18(13-30)8-9-21(32-23)41-27(38)19-6-2-10-31-14-19/h1-2,4-6,8-10,12,14-15,22H,3,7,11H2. The van der Waals surface area contributed by atoms with Gasteiger partial charge in [0.15, 0.2) is 0 Å². The van der Waals surface area contributed by atoms with Crippen LogP contribution in [0.2, 0.25) is 0 Å². The SMILES string of the molecule is N#Cc1ccc(OC(=O)c2cccnc2)nc1OC(=O)c1cccc(C(=O)n2c(=O)c(F)cn(C3CCCO3)c2=O)c1. The minimum atomic E-state index is -1.47. The Bertz CT molecular complexity index is 1870. The maximum absolute atomic E-state index is 14.4. The van der Waals surface area contributed by atoms with Gasteiger partial charge in [0.2, 0.25) is 17.6 Å². The van der Waals surface area contributed by atoms with Crippen LogP contribution in [-0.2, 0) is 4.74 Å². The van der Waals surface area contributed by atoms with E-state index in [1.165, 1.54) is 54.9 Å². The van der Waals surface area contributed by atoms with Crippen molar-refractivity contribution >= 4 is 17.8 Å². The average molecular weight is 571 g/mol. The summed E-state index contributed by atoms with van der Waals surface area (Å²) in [4.78, 5) is 71.6. The van der Waals surface area contributed by atoms with Crippen molar-refractivity contribution in [3.63, 3.8) is 0 Å². The molecule has 1 atom stereocenters. The number of halogens is 1. The van der Waals surface area contributed by atoms with Crippen LogP contribution in [0, 0.1) is 17.1 Å². The predicted molar refractivity (Wildman–Crippen MR) is 138 cm³/mol. The van der Waals surface area contributed by atoms with Gasteiger partial charge < -0.3 is 14.2 Å². The molecular formula is C28H18FN5O8. The zero-order valence-electron chi connectivity index (χ0n) is 21.4. The summed E-state index contributed by atoms with van der Waals surface area (Å²) in [6, 6.07) is 12.0. The number of esters is 2. The van der Waals surface area contributed by atoms with Crippen LogP contribution in [0.5, 0.6) is 11.8 Å². The monoisotopic (exact) mass is 571 g/mol. The number of pyridine rings is 2. The molecule has 42 heavy (non-hydrogen) atoms. The van der Waals surface area contributed by atoms with Crippen molar-refractivity contribution in [2.45, 2.75) is 19.1 Å². The van der Waals surface area contributed by atoms with Crippen LogP contribution < -0.4 is 20.7 Å². The Kier molecular flexibility index (Phi) is 7.76. The minimum absolute atomic E-state index is 0.122. The highest BCUT2D eigenvalue weighted by molar-refractivity contribution is 5.99. The van der Waals surface area contributed by atoms with E-state index >= 15 is 0 Å². The molecule has 1 aromatic carbocycles. The summed E-state index contributed by atoms with van der Waals surface area (Å²) in [6.07, 6.45) is 3.59. The molecule has 210 valence electrons. The molecule has 4 aromatic rings. The van der Waals surface area contributed by atoms with Crippen LogP contribution in [0.3, 0.4) is 0 Å².